The fourth-order valence-corrected chi connectivity index (χ4v) is 4.97. The van der Waals surface area contributed by atoms with Crippen molar-refractivity contribution in [2.75, 3.05) is 14.2 Å². The number of carbonyl (C=O) groups is 2. The molecule has 10 heteroatoms. The number of nitrogens with zero attached hydrogens (tertiary/aromatic N) is 2. The first-order valence-corrected chi connectivity index (χ1v) is 12.9. The van der Waals surface area contributed by atoms with Crippen LogP contribution in [0.2, 0.25) is 0 Å². The van der Waals surface area contributed by atoms with E-state index < -0.39 is 39.5 Å². The first-order chi connectivity index (χ1) is 18.1. The van der Waals surface area contributed by atoms with Crippen LogP contribution in [0.15, 0.2) is 94.4 Å². The molecule has 0 bridgehead atoms. The van der Waals surface area contributed by atoms with E-state index >= 15 is 0 Å². The number of fused-ring (bicyclic) bond motifs is 1. The van der Waals surface area contributed by atoms with E-state index in [0.717, 1.165) is 19.8 Å². The van der Waals surface area contributed by atoms with Gasteiger partial charge in [-0.05, 0) is 48.7 Å². The van der Waals surface area contributed by atoms with Crippen LogP contribution >= 0.6 is 0 Å². The third kappa shape index (κ3) is 5.45. The smallest absolute Gasteiger partial charge is 0.382 e. The summed E-state index contributed by atoms with van der Waals surface area (Å²) in [4.78, 5) is 26.0. The number of ether oxygens (including phenoxy) is 2. The summed E-state index contributed by atoms with van der Waals surface area (Å²) < 4.78 is 55.5. The lowest BCUT2D eigenvalue weighted by molar-refractivity contribution is -0.683. The zero-order valence-electron chi connectivity index (χ0n) is 20.8. The van der Waals surface area contributed by atoms with Crippen LogP contribution in [0.4, 0.5) is 4.39 Å². The molecule has 1 unspecified atom stereocenters. The minimum absolute atomic E-state index is 0.179. The van der Waals surface area contributed by atoms with Gasteiger partial charge in [-0.2, -0.15) is 13.0 Å². The monoisotopic (exact) mass is 535 g/mol. The van der Waals surface area contributed by atoms with Crippen molar-refractivity contribution in [3.8, 4) is 11.3 Å². The molecule has 194 valence electrons. The number of esters is 2. The quantitative estimate of drug-likeness (QED) is 0.202. The van der Waals surface area contributed by atoms with E-state index in [1.54, 1.807) is 61.5 Å². The van der Waals surface area contributed by atoms with Gasteiger partial charge in [0.25, 0.3) is 10.0 Å². The highest BCUT2D eigenvalue weighted by Crippen LogP contribution is 2.25. The highest BCUT2D eigenvalue weighted by Gasteiger charge is 2.43. The molecule has 1 aromatic heterocycles. The molecule has 4 rings (SSSR count). The summed E-state index contributed by atoms with van der Waals surface area (Å²) in [5.41, 5.74) is 1.15. The van der Waals surface area contributed by atoms with Crippen molar-refractivity contribution in [3.63, 3.8) is 0 Å². The fraction of sp³-hybridized carbons (Fsp3) is 0.143. The van der Waals surface area contributed by atoms with Gasteiger partial charge in [-0.15, -0.1) is 4.40 Å². The largest absolute Gasteiger partial charge is 0.464 e. The van der Waals surface area contributed by atoms with Gasteiger partial charge in [0, 0.05) is 17.0 Å². The SMILES string of the molecule is COC(=O)/C(=N\S(=O)(=O)c1ccc(C)cc1)C(C(=O)OC)[n+]1cc2cc(F)ccc2cc1-c1ccccc1. The van der Waals surface area contributed by atoms with Crippen molar-refractivity contribution in [1.82, 2.24) is 0 Å². The first kappa shape index (κ1) is 26.6. The van der Waals surface area contributed by atoms with Crippen LogP contribution in [0.25, 0.3) is 22.0 Å². The zero-order chi connectivity index (χ0) is 27.4. The topological polar surface area (TPSA) is 103 Å². The Balaban J connectivity index is 2.04. The Bertz CT molecular complexity index is 1650. The molecule has 0 saturated heterocycles. The maximum Gasteiger partial charge on any atom is 0.382 e. The second-order valence-electron chi connectivity index (χ2n) is 8.39. The number of rotatable bonds is 7. The minimum Gasteiger partial charge on any atom is -0.464 e. The van der Waals surface area contributed by atoms with E-state index in [4.69, 9.17) is 9.47 Å². The van der Waals surface area contributed by atoms with E-state index in [9.17, 15) is 22.4 Å². The summed E-state index contributed by atoms with van der Waals surface area (Å²) in [7, 11) is -2.30. The number of sulfonamides is 1. The van der Waals surface area contributed by atoms with Gasteiger partial charge in [0.1, 0.15) is 5.82 Å². The molecule has 0 aliphatic heterocycles. The Hall–Kier alpha value is -4.44. The highest BCUT2D eigenvalue weighted by atomic mass is 32.2. The van der Waals surface area contributed by atoms with E-state index in [-0.39, 0.29) is 4.90 Å². The van der Waals surface area contributed by atoms with Crippen molar-refractivity contribution >= 4 is 38.4 Å². The second kappa shape index (κ2) is 10.9. The van der Waals surface area contributed by atoms with Gasteiger partial charge in [0.15, 0.2) is 6.20 Å². The van der Waals surface area contributed by atoms with Crippen LogP contribution in [0.5, 0.6) is 0 Å². The molecule has 8 nitrogen and oxygen atoms in total. The molecule has 1 atom stereocenters. The Morgan fingerprint density at radius 2 is 1.58 bits per heavy atom. The van der Waals surface area contributed by atoms with Gasteiger partial charge in [-0.1, -0.05) is 42.0 Å². The van der Waals surface area contributed by atoms with Gasteiger partial charge in [0.05, 0.1) is 19.1 Å². The third-order valence-electron chi connectivity index (χ3n) is 5.86. The molecular formula is C28H24FN2O6S+. The van der Waals surface area contributed by atoms with Crippen molar-refractivity contribution in [2.45, 2.75) is 17.9 Å². The number of methoxy groups -OCH3 is 2. The molecule has 0 aliphatic carbocycles. The molecule has 0 spiro atoms. The lowest BCUT2D eigenvalue weighted by Gasteiger charge is -2.15. The summed E-state index contributed by atoms with van der Waals surface area (Å²) in [5.74, 6) is -2.65. The summed E-state index contributed by atoms with van der Waals surface area (Å²) in [6, 6.07) is 18.9. The molecule has 0 aliphatic rings. The highest BCUT2D eigenvalue weighted by molar-refractivity contribution is 7.90. The maximum absolute atomic E-state index is 14.1. The summed E-state index contributed by atoms with van der Waals surface area (Å²) in [6.07, 6.45) is 1.44. The van der Waals surface area contributed by atoms with Crippen molar-refractivity contribution in [1.29, 1.82) is 0 Å². The van der Waals surface area contributed by atoms with E-state index in [1.165, 1.54) is 35.0 Å². The molecule has 0 radical (unpaired) electrons. The van der Waals surface area contributed by atoms with E-state index in [0.29, 0.717) is 22.0 Å². The lowest BCUT2D eigenvalue weighted by atomic mass is 10.0. The van der Waals surface area contributed by atoms with Crippen LogP contribution in [0, 0.1) is 12.7 Å². The van der Waals surface area contributed by atoms with Gasteiger partial charge >= 0.3 is 18.0 Å². The van der Waals surface area contributed by atoms with Crippen LogP contribution in [0.3, 0.4) is 0 Å². The minimum atomic E-state index is -4.45. The van der Waals surface area contributed by atoms with Gasteiger partial charge in [0.2, 0.25) is 11.4 Å². The van der Waals surface area contributed by atoms with Crippen molar-refractivity contribution < 1.29 is 36.4 Å². The standard InChI is InChI=1S/C28H24FN2O6S/c1-18-9-13-23(14-10-18)38(34,35)30-25(27(32)36-2)26(28(33)37-3)31-17-21-15-22(29)12-11-20(21)16-24(31)19-7-5-4-6-8-19/h4-17,26H,1-3H3/q+1/b30-25-. The predicted molar refractivity (Wildman–Crippen MR) is 138 cm³/mol. The normalized spacial score (nSPS) is 12.7. The van der Waals surface area contributed by atoms with Crippen LogP contribution in [0.1, 0.15) is 11.6 Å². The summed E-state index contributed by atoms with van der Waals surface area (Å²) in [6.45, 7) is 1.79. The number of carbonyl (C=O) groups excluding carboxylic acids is 2. The zero-order valence-corrected chi connectivity index (χ0v) is 21.6. The first-order valence-electron chi connectivity index (χ1n) is 11.4. The number of aromatic nitrogens is 1. The van der Waals surface area contributed by atoms with Gasteiger partial charge in [-0.25, -0.2) is 14.0 Å². The average molecular weight is 536 g/mol. The maximum atomic E-state index is 14.1. The fourth-order valence-electron chi connectivity index (χ4n) is 3.95. The van der Waals surface area contributed by atoms with Crippen molar-refractivity contribution in [3.05, 3.63) is 96.4 Å². The molecule has 3 aromatic carbocycles. The van der Waals surface area contributed by atoms with Crippen LogP contribution in [-0.4, -0.2) is 40.3 Å². The van der Waals surface area contributed by atoms with Gasteiger partial charge < -0.3 is 9.47 Å². The molecule has 4 aromatic rings. The molecule has 1 heterocycles. The number of hydrogen-bond acceptors (Lipinski definition) is 6. The summed E-state index contributed by atoms with van der Waals surface area (Å²) in [5, 5.41) is 1.04. The Morgan fingerprint density at radius 1 is 0.895 bits per heavy atom. The number of benzene rings is 3. The lowest BCUT2D eigenvalue weighted by Crippen LogP contribution is -2.52. The molecule has 0 amide bonds. The number of halogens is 1. The number of pyridine rings is 1. The second-order valence-corrected chi connectivity index (χ2v) is 9.99. The average Bonchev–Trinajstić information content (AvgIpc) is 2.92. The van der Waals surface area contributed by atoms with E-state index in [2.05, 4.69) is 4.40 Å². The Morgan fingerprint density at radius 3 is 2.21 bits per heavy atom. The number of aryl methyl sites for hydroxylation is 1. The Kier molecular flexibility index (Phi) is 7.63. The number of hydrogen-bond donors (Lipinski definition) is 0. The molecule has 38 heavy (non-hydrogen) atoms. The van der Waals surface area contributed by atoms with Gasteiger partial charge in [-0.3, -0.25) is 0 Å². The summed E-state index contributed by atoms with van der Waals surface area (Å²) >= 11 is 0. The predicted octanol–water partition coefficient (Wildman–Crippen LogP) is 3.96. The van der Waals surface area contributed by atoms with Crippen LogP contribution < -0.4 is 4.57 Å². The molecule has 0 saturated carbocycles. The third-order valence-corrected chi connectivity index (χ3v) is 7.17. The van der Waals surface area contributed by atoms with E-state index in [1.807, 2.05) is 0 Å². The Labute approximate surface area is 219 Å². The molecule has 0 fully saturated rings. The molecular weight excluding hydrogens is 511 g/mol. The van der Waals surface area contributed by atoms with Crippen LogP contribution in [-0.2, 0) is 29.1 Å². The molecule has 0 N–H and O–H groups in total. The van der Waals surface area contributed by atoms with Crippen molar-refractivity contribution in [2.24, 2.45) is 4.40 Å².